The first-order valence-electron chi connectivity index (χ1n) is 35.3. The minimum absolute atomic E-state index is 0.0800. The van der Waals surface area contributed by atoms with Gasteiger partial charge in [-0.1, -0.05) is 331 Å². The average Bonchev–Trinajstić information content (AvgIpc) is 3.55. The maximum atomic E-state index is 12.4. The van der Waals surface area contributed by atoms with Crippen LogP contribution in [-0.4, -0.2) is 36.4 Å². The van der Waals surface area contributed by atoms with Gasteiger partial charge in [0.15, 0.2) is 6.10 Å². The Balaban J connectivity index is 3.54. The molecule has 1 N–H and O–H groups in total. The van der Waals surface area contributed by atoms with Crippen molar-refractivity contribution in [3.63, 3.8) is 0 Å². The summed E-state index contributed by atoms with van der Waals surface area (Å²) in [6, 6.07) is 0. The Morgan fingerprint density at radius 1 is 0.267 bits per heavy atom. The number of esters is 2. The predicted octanol–water partition coefficient (Wildman–Crippen LogP) is 25.0. The summed E-state index contributed by atoms with van der Waals surface area (Å²) < 4.78 is 10.7. The topological polar surface area (TPSA) is 72.8 Å². The second kappa shape index (κ2) is 74.3. The lowest BCUT2D eigenvalue weighted by Gasteiger charge is -2.15. The first kappa shape index (κ1) is 81.0. The number of carbonyl (C=O) groups is 2. The molecule has 0 saturated heterocycles. The van der Waals surface area contributed by atoms with Crippen molar-refractivity contribution in [2.45, 2.75) is 302 Å². The van der Waals surface area contributed by atoms with Gasteiger partial charge in [-0.3, -0.25) is 9.59 Å². The van der Waals surface area contributed by atoms with Gasteiger partial charge < -0.3 is 14.6 Å². The van der Waals surface area contributed by atoms with Crippen LogP contribution >= 0.6 is 0 Å². The molecule has 1 unspecified atom stereocenters. The summed E-state index contributed by atoms with van der Waals surface area (Å²) in [6.07, 6.45) is 116. The first-order valence-corrected chi connectivity index (χ1v) is 35.3. The van der Waals surface area contributed by atoms with Gasteiger partial charge in [0.2, 0.25) is 0 Å². The zero-order valence-corrected chi connectivity index (χ0v) is 55.5. The molecule has 86 heavy (non-hydrogen) atoms. The molecule has 0 aromatic carbocycles. The van der Waals surface area contributed by atoms with Crippen molar-refractivity contribution in [1.82, 2.24) is 0 Å². The van der Waals surface area contributed by atoms with Crippen molar-refractivity contribution in [3.8, 4) is 0 Å². The molecular weight excluding hydrogens is 1050 g/mol. The lowest BCUT2D eigenvalue weighted by atomic mass is 10.0. The van der Waals surface area contributed by atoms with Crippen LogP contribution < -0.4 is 0 Å². The Bertz CT molecular complexity index is 1920. The molecule has 5 nitrogen and oxygen atoms in total. The third-order valence-corrected chi connectivity index (χ3v) is 14.7. The Hall–Kier alpha value is -5.00. The Morgan fingerprint density at radius 2 is 0.465 bits per heavy atom. The number of carbonyl (C=O) groups excluding carboxylic acids is 2. The number of hydrogen-bond donors (Lipinski definition) is 1. The van der Waals surface area contributed by atoms with Gasteiger partial charge in [0.05, 0.1) is 6.61 Å². The summed E-state index contributed by atoms with van der Waals surface area (Å²) in [7, 11) is 0. The highest BCUT2D eigenvalue weighted by atomic mass is 16.6. The summed E-state index contributed by atoms with van der Waals surface area (Å²) in [5.74, 6) is -0.610. The maximum Gasteiger partial charge on any atom is 0.306 e. The summed E-state index contributed by atoms with van der Waals surface area (Å²) in [6.45, 7) is 3.91. The molecule has 1 atom stereocenters. The van der Waals surface area contributed by atoms with Crippen LogP contribution in [0.2, 0.25) is 0 Å². The Morgan fingerprint density at radius 3 is 0.698 bits per heavy atom. The second-order valence-corrected chi connectivity index (χ2v) is 22.8. The number of allylic oxidation sites excluding steroid dienone is 30. The van der Waals surface area contributed by atoms with E-state index in [0.29, 0.717) is 12.8 Å². The number of ether oxygens (including phenoxy) is 2. The van der Waals surface area contributed by atoms with E-state index in [9.17, 15) is 14.7 Å². The van der Waals surface area contributed by atoms with E-state index in [1.165, 1.54) is 128 Å². The lowest BCUT2D eigenvalue weighted by Crippen LogP contribution is -2.28. The highest BCUT2D eigenvalue weighted by molar-refractivity contribution is 5.70. The summed E-state index contributed by atoms with van der Waals surface area (Å²) >= 11 is 0. The van der Waals surface area contributed by atoms with E-state index in [0.717, 1.165) is 141 Å². The quantitative estimate of drug-likeness (QED) is 0.0373. The molecule has 0 heterocycles. The highest BCUT2D eigenvalue weighted by Crippen LogP contribution is 2.16. The molecule has 0 bridgehead atoms. The molecule has 0 rings (SSSR count). The van der Waals surface area contributed by atoms with Crippen LogP contribution in [0.1, 0.15) is 296 Å². The smallest absolute Gasteiger partial charge is 0.306 e. The van der Waals surface area contributed by atoms with E-state index in [1.54, 1.807) is 0 Å². The van der Waals surface area contributed by atoms with Crippen LogP contribution in [0.25, 0.3) is 0 Å². The van der Waals surface area contributed by atoms with Crippen LogP contribution in [0.4, 0.5) is 0 Å². The van der Waals surface area contributed by atoms with Gasteiger partial charge in [-0.25, -0.2) is 0 Å². The Kier molecular flexibility index (Phi) is 69.9. The fourth-order valence-electron chi connectivity index (χ4n) is 9.49. The fourth-order valence-corrected chi connectivity index (χ4v) is 9.49. The van der Waals surface area contributed by atoms with Crippen LogP contribution in [0.15, 0.2) is 182 Å². The van der Waals surface area contributed by atoms with Crippen LogP contribution in [0.5, 0.6) is 0 Å². The van der Waals surface area contributed by atoms with Gasteiger partial charge >= 0.3 is 11.9 Å². The van der Waals surface area contributed by atoms with Gasteiger partial charge in [-0.05, 0) is 135 Å². The largest absolute Gasteiger partial charge is 0.462 e. The van der Waals surface area contributed by atoms with Crippen LogP contribution in [-0.2, 0) is 19.1 Å². The van der Waals surface area contributed by atoms with E-state index >= 15 is 0 Å². The van der Waals surface area contributed by atoms with Gasteiger partial charge in [0.25, 0.3) is 0 Å². The third kappa shape index (κ3) is 71.5. The number of rotatable bonds is 63. The second-order valence-electron chi connectivity index (χ2n) is 22.8. The molecule has 0 aliphatic rings. The first-order chi connectivity index (χ1) is 42.6. The van der Waals surface area contributed by atoms with Crippen molar-refractivity contribution in [3.05, 3.63) is 182 Å². The van der Waals surface area contributed by atoms with Crippen LogP contribution in [0.3, 0.4) is 0 Å². The minimum Gasteiger partial charge on any atom is -0.462 e. The summed E-state index contributed by atoms with van der Waals surface area (Å²) in [4.78, 5) is 24.7. The monoisotopic (exact) mass is 1180 g/mol. The highest BCUT2D eigenvalue weighted by Gasteiger charge is 2.16. The van der Waals surface area contributed by atoms with E-state index in [1.807, 2.05) is 0 Å². The standard InChI is InChI=1S/C81H130O5/c1-3-5-7-9-11-13-15-17-19-21-23-25-27-29-31-33-35-36-37-38-39-40-41-42-43-44-46-47-49-51-53-55-57-59-61-63-65-67-69-71-73-75-80(83)85-78-79(77-82)86-81(84)76-74-72-70-68-66-64-62-60-58-56-54-52-50-48-45-34-32-30-28-26-24-22-20-18-16-14-12-10-8-6-4-2/h5-8,11-14,17-20,23-26,29-32,35-36,38-39,45,48,52,54,58,60,79,82H,3-4,9-10,15-16,21-22,27-28,33-34,37,40-44,46-47,49-51,53,55-57,59,61-78H2,1-2H3/b7-5-,8-6-,13-11-,14-12-,19-17-,20-18-,25-23-,26-24-,31-29-,32-30-,36-35-,39-38-,48-45-,54-52-,60-58-. The van der Waals surface area contributed by atoms with Crippen molar-refractivity contribution in [1.29, 1.82) is 0 Å². The zero-order valence-electron chi connectivity index (χ0n) is 55.5. The van der Waals surface area contributed by atoms with Crippen molar-refractivity contribution >= 4 is 11.9 Å². The van der Waals surface area contributed by atoms with E-state index in [4.69, 9.17) is 9.47 Å². The fraction of sp³-hybridized carbons (Fsp3) is 0.605. The van der Waals surface area contributed by atoms with E-state index < -0.39 is 6.10 Å². The molecule has 5 heteroatoms. The lowest BCUT2D eigenvalue weighted by molar-refractivity contribution is -0.161. The average molecular weight is 1180 g/mol. The van der Waals surface area contributed by atoms with E-state index in [-0.39, 0.29) is 25.2 Å². The van der Waals surface area contributed by atoms with Gasteiger partial charge in [-0.15, -0.1) is 0 Å². The molecule has 0 spiro atoms. The molecule has 0 aliphatic heterocycles. The van der Waals surface area contributed by atoms with Gasteiger partial charge in [0, 0.05) is 12.8 Å². The SMILES string of the molecule is CC/C=C\C/C=C\C/C=C\C/C=C\C/C=C\C/C=C\C/C=C\C/C=C\CCCCCCCCC(=O)OC(CO)COC(=O)CCCCCCCCCCCCCCCCCCCCC/C=C\C/C=C\C/C=C\C/C=C\C/C=C\C/C=C\C/C=C\CC. The van der Waals surface area contributed by atoms with Gasteiger partial charge in [-0.2, -0.15) is 0 Å². The van der Waals surface area contributed by atoms with Crippen molar-refractivity contribution < 1.29 is 24.2 Å². The predicted molar refractivity (Wildman–Crippen MR) is 380 cm³/mol. The number of aliphatic hydroxyl groups excluding tert-OH is 1. The molecule has 0 amide bonds. The van der Waals surface area contributed by atoms with Crippen molar-refractivity contribution in [2.24, 2.45) is 0 Å². The number of hydrogen-bond acceptors (Lipinski definition) is 5. The van der Waals surface area contributed by atoms with Crippen LogP contribution in [0, 0.1) is 0 Å². The molecule has 0 aromatic rings. The summed E-state index contributed by atoms with van der Waals surface area (Å²) in [5, 5.41) is 9.70. The van der Waals surface area contributed by atoms with Crippen molar-refractivity contribution in [2.75, 3.05) is 13.2 Å². The molecule has 0 saturated carbocycles. The normalized spacial score (nSPS) is 13.4. The maximum absolute atomic E-state index is 12.4. The molecule has 0 radical (unpaired) electrons. The minimum atomic E-state index is -0.793. The molecule has 0 aromatic heterocycles. The molecule has 0 fully saturated rings. The van der Waals surface area contributed by atoms with Gasteiger partial charge in [0.1, 0.15) is 6.61 Å². The zero-order chi connectivity index (χ0) is 61.9. The van der Waals surface area contributed by atoms with E-state index in [2.05, 4.69) is 196 Å². The number of aliphatic hydroxyl groups is 1. The Labute approximate surface area is 531 Å². The molecular formula is C81H130O5. The molecule has 0 aliphatic carbocycles. The molecule has 484 valence electrons. The number of unbranched alkanes of at least 4 members (excludes halogenated alkanes) is 25. The summed E-state index contributed by atoms with van der Waals surface area (Å²) in [5.41, 5.74) is 0. The third-order valence-electron chi connectivity index (χ3n) is 14.7.